The summed E-state index contributed by atoms with van der Waals surface area (Å²) in [6.07, 6.45) is 3.17. The molecule has 8 heteroatoms. The molecule has 5 nitrogen and oxygen atoms in total. The summed E-state index contributed by atoms with van der Waals surface area (Å²) in [5.74, 6) is 0.0185. The summed E-state index contributed by atoms with van der Waals surface area (Å²) in [6, 6.07) is 5.80. The first-order valence-electron chi connectivity index (χ1n) is 6.19. The number of thioether (sulfide) groups is 1. The molecule has 3 rings (SSSR count). The molecule has 112 valence electrons. The van der Waals surface area contributed by atoms with Gasteiger partial charge in [-0.05, 0) is 24.5 Å². The molecule has 22 heavy (non-hydrogen) atoms. The second-order valence-electron chi connectivity index (χ2n) is 4.36. The van der Waals surface area contributed by atoms with Gasteiger partial charge >= 0.3 is 0 Å². The van der Waals surface area contributed by atoms with Gasteiger partial charge in [-0.15, -0.1) is 11.8 Å². The molecule has 0 aliphatic carbocycles. The molecule has 2 heterocycles. The largest absolute Gasteiger partial charge is 0.505 e. The van der Waals surface area contributed by atoms with E-state index in [4.69, 9.17) is 11.6 Å². The first-order valence-corrected chi connectivity index (χ1v) is 7.79. The molecule has 0 fully saturated rings. The predicted molar refractivity (Wildman–Crippen MR) is 85.5 cm³/mol. The zero-order chi connectivity index (χ0) is 15.7. The maximum Gasteiger partial charge on any atom is 0.160 e. The third kappa shape index (κ3) is 2.77. The SMILES string of the molecule is CSc1nc2c(Nc3ccc(F)c(Cl)c3)ncnc2cc1O. The van der Waals surface area contributed by atoms with Crippen LogP contribution in [0.1, 0.15) is 0 Å². The number of benzene rings is 1. The lowest BCUT2D eigenvalue weighted by atomic mass is 10.3. The van der Waals surface area contributed by atoms with Crippen LogP contribution in [-0.4, -0.2) is 26.3 Å². The van der Waals surface area contributed by atoms with E-state index in [1.165, 1.54) is 36.3 Å². The van der Waals surface area contributed by atoms with Crippen molar-refractivity contribution in [3.63, 3.8) is 0 Å². The highest BCUT2D eigenvalue weighted by Crippen LogP contribution is 2.31. The van der Waals surface area contributed by atoms with Crippen LogP contribution in [0, 0.1) is 5.82 Å². The Bertz CT molecular complexity index is 862. The zero-order valence-electron chi connectivity index (χ0n) is 11.3. The summed E-state index contributed by atoms with van der Waals surface area (Å²) in [5, 5.41) is 13.4. The quantitative estimate of drug-likeness (QED) is 0.705. The van der Waals surface area contributed by atoms with Crippen LogP contribution < -0.4 is 5.32 Å². The molecule has 0 bridgehead atoms. The number of pyridine rings is 1. The lowest BCUT2D eigenvalue weighted by molar-refractivity contribution is 0.458. The van der Waals surface area contributed by atoms with E-state index in [9.17, 15) is 9.50 Å². The summed E-state index contributed by atoms with van der Waals surface area (Å²) in [6.45, 7) is 0. The summed E-state index contributed by atoms with van der Waals surface area (Å²) < 4.78 is 13.2. The van der Waals surface area contributed by atoms with E-state index in [0.717, 1.165) is 0 Å². The lowest BCUT2D eigenvalue weighted by Gasteiger charge is -2.09. The Labute approximate surface area is 134 Å². The molecular weight excluding hydrogens is 327 g/mol. The lowest BCUT2D eigenvalue weighted by Crippen LogP contribution is -1.98. The van der Waals surface area contributed by atoms with Gasteiger partial charge in [0.05, 0.1) is 10.5 Å². The smallest absolute Gasteiger partial charge is 0.160 e. The van der Waals surface area contributed by atoms with E-state index in [2.05, 4.69) is 20.3 Å². The number of halogens is 2. The number of fused-ring (bicyclic) bond motifs is 1. The maximum atomic E-state index is 13.2. The molecule has 2 aromatic heterocycles. The van der Waals surface area contributed by atoms with Crippen molar-refractivity contribution in [2.45, 2.75) is 5.03 Å². The number of nitrogens with zero attached hydrogens (tertiary/aromatic N) is 3. The van der Waals surface area contributed by atoms with Gasteiger partial charge in [0.2, 0.25) is 0 Å². The van der Waals surface area contributed by atoms with Gasteiger partial charge in [0.1, 0.15) is 28.4 Å². The highest BCUT2D eigenvalue weighted by atomic mass is 35.5. The van der Waals surface area contributed by atoms with Gasteiger partial charge in [-0.25, -0.2) is 19.3 Å². The molecule has 0 aliphatic rings. The summed E-state index contributed by atoms with van der Waals surface area (Å²) in [4.78, 5) is 12.6. The minimum absolute atomic E-state index is 0.0127. The fourth-order valence-electron chi connectivity index (χ4n) is 1.91. The van der Waals surface area contributed by atoms with E-state index in [-0.39, 0.29) is 10.8 Å². The van der Waals surface area contributed by atoms with Crippen molar-refractivity contribution in [2.24, 2.45) is 0 Å². The van der Waals surface area contributed by atoms with Crippen molar-refractivity contribution in [1.82, 2.24) is 15.0 Å². The Morgan fingerprint density at radius 3 is 2.82 bits per heavy atom. The molecule has 1 aromatic carbocycles. The molecule has 0 aliphatic heterocycles. The van der Waals surface area contributed by atoms with Crippen molar-refractivity contribution >= 4 is 45.9 Å². The van der Waals surface area contributed by atoms with Crippen LogP contribution in [-0.2, 0) is 0 Å². The first-order chi connectivity index (χ1) is 10.6. The average molecular weight is 337 g/mol. The molecule has 0 atom stereocenters. The van der Waals surface area contributed by atoms with Gasteiger partial charge in [0, 0.05) is 11.8 Å². The van der Waals surface area contributed by atoms with Gasteiger partial charge in [-0.1, -0.05) is 11.6 Å². The Morgan fingerprint density at radius 2 is 2.09 bits per heavy atom. The predicted octanol–water partition coefficient (Wildman–Crippen LogP) is 3.99. The van der Waals surface area contributed by atoms with Crippen LogP contribution in [0.25, 0.3) is 11.0 Å². The molecule has 0 saturated carbocycles. The molecule has 0 unspecified atom stereocenters. The molecule has 0 spiro atoms. The monoisotopic (exact) mass is 336 g/mol. The maximum absolute atomic E-state index is 13.2. The fraction of sp³-hybridized carbons (Fsp3) is 0.0714. The Kier molecular flexibility index (Phi) is 4.00. The second kappa shape index (κ2) is 5.94. The van der Waals surface area contributed by atoms with Crippen molar-refractivity contribution in [3.8, 4) is 5.75 Å². The number of hydrogen-bond donors (Lipinski definition) is 2. The summed E-state index contributed by atoms with van der Waals surface area (Å²) >= 11 is 7.08. The average Bonchev–Trinajstić information content (AvgIpc) is 2.50. The number of hydrogen-bond acceptors (Lipinski definition) is 6. The normalized spacial score (nSPS) is 10.9. The third-order valence-electron chi connectivity index (χ3n) is 2.93. The third-order valence-corrected chi connectivity index (χ3v) is 3.91. The number of nitrogens with one attached hydrogen (secondary N) is 1. The minimum atomic E-state index is -0.493. The molecule has 0 amide bonds. The van der Waals surface area contributed by atoms with E-state index in [0.29, 0.717) is 27.6 Å². The summed E-state index contributed by atoms with van der Waals surface area (Å²) in [5.41, 5.74) is 1.58. The zero-order valence-corrected chi connectivity index (χ0v) is 12.9. The molecule has 3 aromatic rings. The Hall–Kier alpha value is -2.12. The van der Waals surface area contributed by atoms with E-state index < -0.39 is 5.82 Å². The number of aromatic nitrogens is 3. The highest BCUT2D eigenvalue weighted by molar-refractivity contribution is 7.98. The van der Waals surface area contributed by atoms with Crippen molar-refractivity contribution in [3.05, 3.63) is 41.4 Å². The van der Waals surface area contributed by atoms with Gasteiger partial charge in [-0.3, -0.25) is 0 Å². The second-order valence-corrected chi connectivity index (χ2v) is 5.56. The van der Waals surface area contributed by atoms with Crippen LogP contribution >= 0.6 is 23.4 Å². The number of aromatic hydroxyl groups is 1. The fourth-order valence-corrected chi connectivity index (χ4v) is 2.54. The number of rotatable bonds is 3. The standard InChI is InChI=1S/C14H10ClFN4OS/c1-22-14-11(21)5-10-12(20-14)13(18-6-17-10)19-7-2-3-9(16)8(15)4-7/h2-6,21H,1H3,(H,17,18,19). The highest BCUT2D eigenvalue weighted by Gasteiger charge is 2.11. The van der Waals surface area contributed by atoms with Crippen LogP contribution in [0.4, 0.5) is 15.9 Å². The molecule has 0 saturated heterocycles. The van der Waals surface area contributed by atoms with Crippen LogP contribution in [0.2, 0.25) is 5.02 Å². The summed E-state index contributed by atoms with van der Waals surface area (Å²) in [7, 11) is 0. The van der Waals surface area contributed by atoms with E-state index in [1.54, 1.807) is 6.07 Å². The van der Waals surface area contributed by atoms with Crippen molar-refractivity contribution in [1.29, 1.82) is 0 Å². The molecular formula is C14H10ClFN4OS. The Morgan fingerprint density at radius 1 is 1.27 bits per heavy atom. The van der Waals surface area contributed by atoms with Crippen LogP contribution in [0.15, 0.2) is 35.6 Å². The van der Waals surface area contributed by atoms with E-state index >= 15 is 0 Å². The minimum Gasteiger partial charge on any atom is -0.505 e. The Balaban J connectivity index is 2.08. The molecule has 0 radical (unpaired) electrons. The van der Waals surface area contributed by atoms with Gasteiger partial charge in [0.25, 0.3) is 0 Å². The van der Waals surface area contributed by atoms with Crippen molar-refractivity contribution in [2.75, 3.05) is 11.6 Å². The topological polar surface area (TPSA) is 70.9 Å². The number of anilines is 2. The van der Waals surface area contributed by atoms with Crippen molar-refractivity contribution < 1.29 is 9.50 Å². The van der Waals surface area contributed by atoms with Gasteiger partial charge in [0.15, 0.2) is 5.82 Å². The van der Waals surface area contributed by atoms with E-state index in [1.807, 2.05) is 6.26 Å². The van der Waals surface area contributed by atoms with Crippen LogP contribution in [0.5, 0.6) is 5.75 Å². The molecule has 2 N–H and O–H groups in total. The first kappa shape index (κ1) is 14.8. The van der Waals surface area contributed by atoms with Crippen LogP contribution in [0.3, 0.4) is 0 Å². The van der Waals surface area contributed by atoms with Gasteiger partial charge < -0.3 is 10.4 Å². The van der Waals surface area contributed by atoms with Gasteiger partial charge in [-0.2, -0.15) is 0 Å².